The van der Waals surface area contributed by atoms with Crippen LogP contribution < -0.4 is 5.32 Å². The number of nitrogens with zero attached hydrogens (tertiary/aromatic N) is 1. The van der Waals surface area contributed by atoms with Crippen molar-refractivity contribution in [3.8, 4) is 0 Å². The molecule has 0 radical (unpaired) electrons. The maximum Gasteiger partial charge on any atom is 0.223 e. The smallest absolute Gasteiger partial charge is 0.223 e. The van der Waals surface area contributed by atoms with Gasteiger partial charge in [-0.1, -0.05) is 18.2 Å². The lowest BCUT2D eigenvalue weighted by atomic mass is 9.96. The van der Waals surface area contributed by atoms with E-state index in [9.17, 15) is 13.2 Å². The minimum atomic E-state index is -3.14. The molecule has 1 amide bonds. The van der Waals surface area contributed by atoms with Crippen LogP contribution in [-0.4, -0.2) is 37.5 Å². The summed E-state index contributed by atoms with van der Waals surface area (Å²) in [5, 5.41) is 3.07. The van der Waals surface area contributed by atoms with E-state index < -0.39 is 10.0 Å². The molecule has 1 N–H and O–H groups in total. The fourth-order valence-corrected chi connectivity index (χ4v) is 4.16. The van der Waals surface area contributed by atoms with Gasteiger partial charge in [0.15, 0.2) is 0 Å². The number of aryl methyl sites for hydroxylation is 2. The Labute approximate surface area is 145 Å². The summed E-state index contributed by atoms with van der Waals surface area (Å²) >= 11 is 0. The predicted octanol–water partition coefficient (Wildman–Crippen LogP) is 2.54. The number of rotatable bonds is 5. The molecule has 0 bridgehead atoms. The summed E-state index contributed by atoms with van der Waals surface area (Å²) in [7, 11) is -3.14. The number of carbonyl (C=O) groups excluding carboxylic acids is 1. The van der Waals surface area contributed by atoms with Gasteiger partial charge in [0.25, 0.3) is 0 Å². The highest BCUT2D eigenvalue weighted by Crippen LogP contribution is 2.22. The number of carbonyl (C=O) groups is 1. The van der Waals surface area contributed by atoms with E-state index >= 15 is 0 Å². The molecule has 6 heteroatoms. The summed E-state index contributed by atoms with van der Waals surface area (Å²) in [5.74, 6) is 0.0322. The average molecular weight is 353 g/mol. The van der Waals surface area contributed by atoms with E-state index in [-0.39, 0.29) is 23.6 Å². The molecule has 1 aromatic carbocycles. The molecule has 134 valence electrons. The Morgan fingerprint density at radius 3 is 2.42 bits per heavy atom. The molecular weight excluding hydrogens is 324 g/mol. The van der Waals surface area contributed by atoms with E-state index in [1.54, 1.807) is 6.92 Å². The second-order valence-corrected chi connectivity index (χ2v) is 8.91. The third kappa shape index (κ3) is 4.36. The molecule has 0 aromatic heterocycles. The Kier molecular flexibility index (Phi) is 6.04. The first kappa shape index (κ1) is 18.9. The quantitative estimate of drug-likeness (QED) is 0.885. The van der Waals surface area contributed by atoms with Crippen LogP contribution in [-0.2, 0) is 14.8 Å². The zero-order valence-corrected chi connectivity index (χ0v) is 15.8. The molecule has 1 aliphatic rings. The standard InChI is InChI=1S/C18H28N2O3S/c1-5-24(22,23)20-10-8-16(9-11-20)18(21)19-15(4)17-7-6-13(2)14(3)12-17/h6-7,12,15-16H,5,8-11H2,1-4H3,(H,19,21)/t15-/m0/s1. The van der Waals surface area contributed by atoms with Crippen molar-refractivity contribution in [2.45, 2.75) is 46.6 Å². The van der Waals surface area contributed by atoms with Crippen LogP contribution in [0.5, 0.6) is 0 Å². The van der Waals surface area contributed by atoms with Gasteiger partial charge in [-0.05, 0) is 57.2 Å². The first-order valence-electron chi connectivity index (χ1n) is 8.60. The van der Waals surface area contributed by atoms with Crippen molar-refractivity contribution in [2.75, 3.05) is 18.8 Å². The Morgan fingerprint density at radius 2 is 1.88 bits per heavy atom. The van der Waals surface area contributed by atoms with Gasteiger partial charge in [-0.15, -0.1) is 0 Å². The van der Waals surface area contributed by atoms with Gasteiger partial charge in [-0.3, -0.25) is 4.79 Å². The van der Waals surface area contributed by atoms with Crippen molar-refractivity contribution >= 4 is 15.9 Å². The summed E-state index contributed by atoms with van der Waals surface area (Å²) in [5.41, 5.74) is 3.55. The Balaban J connectivity index is 1.92. The first-order chi connectivity index (χ1) is 11.2. The van der Waals surface area contributed by atoms with Crippen LogP contribution in [0, 0.1) is 19.8 Å². The van der Waals surface area contributed by atoms with Crippen molar-refractivity contribution in [2.24, 2.45) is 5.92 Å². The normalized spacial score (nSPS) is 18.3. The maximum atomic E-state index is 12.5. The van der Waals surface area contributed by atoms with E-state index in [1.807, 2.05) is 13.0 Å². The number of piperidine rings is 1. The number of sulfonamides is 1. The lowest BCUT2D eigenvalue weighted by Gasteiger charge is -2.31. The monoisotopic (exact) mass is 352 g/mol. The van der Waals surface area contributed by atoms with Crippen molar-refractivity contribution < 1.29 is 13.2 Å². The summed E-state index contributed by atoms with van der Waals surface area (Å²) in [4.78, 5) is 12.5. The summed E-state index contributed by atoms with van der Waals surface area (Å²) in [6, 6.07) is 6.18. The summed E-state index contributed by atoms with van der Waals surface area (Å²) < 4.78 is 25.3. The molecule has 5 nitrogen and oxygen atoms in total. The topological polar surface area (TPSA) is 66.5 Å². The van der Waals surface area contributed by atoms with Gasteiger partial charge in [0.05, 0.1) is 11.8 Å². The molecule has 1 heterocycles. The zero-order chi connectivity index (χ0) is 17.9. The number of benzene rings is 1. The molecule has 0 aliphatic carbocycles. The minimum Gasteiger partial charge on any atom is -0.349 e. The molecule has 1 atom stereocenters. The molecule has 1 aliphatic heterocycles. The molecule has 2 rings (SSSR count). The van der Waals surface area contributed by atoms with E-state index in [0.717, 1.165) is 5.56 Å². The lowest BCUT2D eigenvalue weighted by Crippen LogP contribution is -2.43. The van der Waals surface area contributed by atoms with Crippen molar-refractivity contribution in [3.63, 3.8) is 0 Å². The van der Waals surface area contributed by atoms with Crippen LogP contribution in [0.15, 0.2) is 18.2 Å². The maximum absolute atomic E-state index is 12.5. The van der Waals surface area contributed by atoms with E-state index in [0.29, 0.717) is 25.9 Å². The number of amides is 1. The van der Waals surface area contributed by atoms with Crippen molar-refractivity contribution in [3.05, 3.63) is 34.9 Å². The van der Waals surface area contributed by atoms with Gasteiger partial charge >= 0.3 is 0 Å². The largest absolute Gasteiger partial charge is 0.349 e. The highest BCUT2D eigenvalue weighted by atomic mass is 32.2. The Morgan fingerprint density at radius 1 is 1.25 bits per heavy atom. The van der Waals surface area contributed by atoms with Gasteiger partial charge < -0.3 is 5.32 Å². The van der Waals surface area contributed by atoms with E-state index in [1.165, 1.54) is 15.4 Å². The molecule has 1 saturated heterocycles. The zero-order valence-electron chi connectivity index (χ0n) is 15.0. The molecule has 0 unspecified atom stereocenters. The molecule has 0 spiro atoms. The second kappa shape index (κ2) is 7.66. The van der Waals surface area contributed by atoms with Crippen LogP contribution in [0.3, 0.4) is 0 Å². The van der Waals surface area contributed by atoms with E-state index in [4.69, 9.17) is 0 Å². The molecular formula is C18H28N2O3S. The Bertz CT molecular complexity index is 692. The van der Waals surface area contributed by atoms with Crippen LogP contribution in [0.1, 0.15) is 49.4 Å². The minimum absolute atomic E-state index is 0.0225. The summed E-state index contributed by atoms with van der Waals surface area (Å²) in [6.07, 6.45) is 1.18. The van der Waals surface area contributed by atoms with Crippen molar-refractivity contribution in [1.82, 2.24) is 9.62 Å². The third-order valence-electron chi connectivity index (χ3n) is 4.97. The van der Waals surface area contributed by atoms with Crippen molar-refractivity contribution in [1.29, 1.82) is 0 Å². The first-order valence-corrected chi connectivity index (χ1v) is 10.2. The fraction of sp³-hybridized carbons (Fsp3) is 0.611. The van der Waals surface area contributed by atoms with Crippen LogP contribution in [0.25, 0.3) is 0 Å². The molecule has 1 fully saturated rings. The van der Waals surface area contributed by atoms with Crippen LogP contribution in [0.4, 0.5) is 0 Å². The summed E-state index contributed by atoms with van der Waals surface area (Å²) in [6.45, 7) is 8.65. The highest BCUT2D eigenvalue weighted by molar-refractivity contribution is 7.89. The highest BCUT2D eigenvalue weighted by Gasteiger charge is 2.30. The number of hydrogen-bond acceptors (Lipinski definition) is 3. The van der Waals surface area contributed by atoms with Gasteiger partial charge in [0, 0.05) is 19.0 Å². The van der Waals surface area contributed by atoms with Gasteiger partial charge in [-0.25, -0.2) is 12.7 Å². The van der Waals surface area contributed by atoms with E-state index in [2.05, 4.69) is 31.3 Å². The van der Waals surface area contributed by atoms with Crippen LogP contribution in [0.2, 0.25) is 0 Å². The van der Waals surface area contributed by atoms with Gasteiger partial charge in [0.2, 0.25) is 15.9 Å². The van der Waals surface area contributed by atoms with Gasteiger partial charge in [-0.2, -0.15) is 0 Å². The molecule has 0 saturated carbocycles. The second-order valence-electron chi connectivity index (χ2n) is 6.65. The fourth-order valence-electron chi connectivity index (χ4n) is 3.03. The molecule has 1 aromatic rings. The van der Waals surface area contributed by atoms with Gasteiger partial charge in [0.1, 0.15) is 0 Å². The predicted molar refractivity (Wildman–Crippen MR) is 96.2 cm³/mol. The number of nitrogens with one attached hydrogen (secondary N) is 1. The SMILES string of the molecule is CCS(=O)(=O)N1CCC(C(=O)N[C@@H](C)c2ccc(C)c(C)c2)CC1. The average Bonchev–Trinajstić information content (AvgIpc) is 2.57. The third-order valence-corrected chi connectivity index (χ3v) is 6.85. The lowest BCUT2D eigenvalue weighted by molar-refractivity contribution is -0.126. The molecule has 24 heavy (non-hydrogen) atoms. The Hall–Kier alpha value is -1.40. The number of hydrogen-bond donors (Lipinski definition) is 1. The van der Waals surface area contributed by atoms with Crippen LogP contribution >= 0.6 is 0 Å².